The third kappa shape index (κ3) is 7.66. The minimum Gasteiger partial charge on any atom is -0.444 e. The number of anilines is 2. The Morgan fingerprint density at radius 2 is 1.36 bits per heavy atom. The van der Waals surface area contributed by atoms with Gasteiger partial charge in [-0.2, -0.15) is 19.2 Å². The highest BCUT2D eigenvalue weighted by molar-refractivity contribution is 9.11. The summed E-state index contributed by atoms with van der Waals surface area (Å²) in [6, 6.07) is 0. The number of nitrogens with two attached hydrogens (primary N) is 2. The Morgan fingerprint density at radius 3 is 1.85 bits per heavy atom. The fraction of sp³-hybridized carbons (Fsp3) is 0.400. The van der Waals surface area contributed by atoms with Crippen LogP contribution in [0.5, 0.6) is 0 Å². The van der Waals surface area contributed by atoms with Crippen LogP contribution in [0.1, 0.15) is 69.7 Å². The zero-order chi connectivity index (χ0) is 37.3. The maximum absolute atomic E-state index is 12.6. The van der Waals surface area contributed by atoms with Crippen LogP contribution in [-0.4, -0.2) is 91.9 Å². The number of nitrogens with one attached hydrogen (secondary N) is 1. The standard InChI is InChI=1S/C20H24BrN7O2.C15H16BrN7/c1-20(2,3)30-19(29)27-8-4-5-12(11-27)16-15(21)17(22)28-18(26-16)13(9-25-28)14-10-23-6-7-24-14;16-12-13(9-2-1-3-18-6-9)22-15-10(7-21-23(15)14(12)17)11-8-19-4-5-20-11/h6-7,9-10,12H,4-5,8,11,22H2,1-3H3;4-5,7-9,18H,1-3,6,17H2. The number of nitrogens with zero attached hydrogens (tertiary/aromatic N) is 11. The van der Waals surface area contributed by atoms with Crippen LogP contribution < -0.4 is 16.8 Å². The molecule has 0 radical (unpaired) electrons. The van der Waals surface area contributed by atoms with E-state index in [1.54, 1.807) is 63.5 Å². The number of carbonyl (C=O) groups is 1. The Labute approximate surface area is 322 Å². The number of halogens is 2. The van der Waals surface area contributed by atoms with Gasteiger partial charge in [0.1, 0.15) is 17.2 Å². The molecule has 8 rings (SSSR count). The Hall–Kier alpha value is -4.81. The maximum Gasteiger partial charge on any atom is 0.410 e. The second-order valence-electron chi connectivity index (χ2n) is 14.0. The third-order valence-corrected chi connectivity index (χ3v) is 10.7. The predicted octanol–water partition coefficient (Wildman–Crippen LogP) is 5.64. The molecule has 0 aromatic carbocycles. The van der Waals surface area contributed by atoms with Crippen molar-refractivity contribution < 1.29 is 9.53 Å². The summed E-state index contributed by atoms with van der Waals surface area (Å²) in [5, 5.41) is 12.2. The van der Waals surface area contributed by atoms with Crippen LogP contribution in [0.2, 0.25) is 0 Å². The number of carbonyl (C=O) groups excluding carboxylic acids is 1. The fourth-order valence-electron chi connectivity index (χ4n) is 6.58. The van der Waals surface area contributed by atoms with Gasteiger partial charge in [-0.25, -0.2) is 14.8 Å². The first-order valence-electron chi connectivity index (χ1n) is 17.4. The van der Waals surface area contributed by atoms with Crippen molar-refractivity contribution in [1.29, 1.82) is 0 Å². The van der Waals surface area contributed by atoms with Gasteiger partial charge >= 0.3 is 6.09 Å². The number of aromatic nitrogens is 10. The highest BCUT2D eigenvalue weighted by Crippen LogP contribution is 2.37. The molecule has 2 aliphatic rings. The van der Waals surface area contributed by atoms with E-state index >= 15 is 0 Å². The van der Waals surface area contributed by atoms with E-state index in [4.69, 9.17) is 26.2 Å². The van der Waals surface area contributed by atoms with E-state index in [-0.39, 0.29) is 12.0 Å². The number of likely N-dealkylation sites (tertiary alicyclic amines) is 1. The molecule has 2 unspecified atom stereocenters. The molecule has 0 bridgehead atoms. The molecule has 16 nitrogen and oxygen atoms in total. The van der Waals surface area contributed by atoms with E-state index in [0.717, 1.165) is 71.5 Å². The maximum atomic E-state index is 12.6. The van der Waals surface area contributed by atoms with Gasteiger partial charge in [-0.15, -0.1) is 0 Å². The van der Waals surface area contributed by atoms with Crippen LogP contribution in [0.15, 0.2) is 58.5 Å². The highest BCUT2D eigenvalue weighted by atomic mass is 79.9. The normalized spacial score (nSPS) is 17.8. The lowest BCUT2D eigenvalue weighted by atomic mass is 9.94. The van der Waals surface area contributed by atoms with Crippen LogP contribution in [0.4, 0.5) is 16.4 Å². The van der Waals surface area contributed by atoms with E-state index in [0.29, 0.717) is 52.1 Å². The summed E-state index contributed by atoms with van der Waals surface area (Å²) in [5.74, 6) is 1.39. The molecule has 0 spiro atoms. The highest BCUT2D eigenvalue weighted by Gasteiger charge is 2.31. The molecule has 276 valence electrons. The zero-order valence-corrected chi connectivity index (χ0v) is 32.7. The summed E-state index contributed by atoms with van der Waals surface area (Å²) < 4.78 is 10.3. The summed E-state index contributed by atoms with van der Waals surface area (Å²) in [6.45, 7) is 8.76. The molecule has 5 N–H and O–H groups in total. The molecule has 6 aromatic rings. The molecule has 8 heterocycles. The van der Waals surface area contributed by atoms with Crippen molar-refractivity contribution in [3.8, 4) is 22.5 Å². The topological polar surface area (TPSA) is 206 Å². The van der Waals surface area contributed by atoms with Gasteiger partial charge in [-0.05, 0) is 84.9 Å². The van der Waals surface area contributed by atoms with Crippen molar-refractivity contribution in [2.45, 2.75) is 63.9 Å². The summed E-state index contributed by atoms with van der Waals surface area (Å²) in [5.41, 5.74) is 18.2. The molecular formula is C35H40Br2N14O2. The molecule has 0 saturated carbocycles. The molecule has 0 aliphatic carbocycles. The van der Waals surface area contributed by atoms with Crippen molar-refractivity contribution >= 4 is 60.9 Å². The molecule has 2 aliphatic heterocycles. The smallest absolute Gasteiger partial charge is 0.410 e. The number of nitrogen functional groups attached to an aromatic ring is 2. The predicted molar refractivity (Wildman–Crippen MR) is 207 cm³/mol. The second-order valence-corrected chi connectivity index (χ2v) is 15.6. The molecule has 53 heavy (non-hydrogen) atoms. The third-order valence-electron chi connectivity index (χ3n) is 9.12. The lowest BCUT2D eigenvalue weighted by Gasteiger charge is -2.34. The molecule has 2 saturated heterocycles. The molecule has 2 atom stereocenters. The van der Waals surface area contributed by atoms with Gasteiger partial charge in [0, 0.05) is 56.3 Å². The van der Waals surface area contributed by atoms with Gasteiger partial charge in [-0.3, -0.25) is 19.9 Å². The first kappa shape index (κ1) is 36.5. The SMILES string of the molecule is CC(C)(C)OC(=O)N1CCCC(c2nc3c(-c4cnccn4)cnn3c(N)c2Br)C1.Nc1c(Br)c(C2CCCNC2)nc2c(-c3cnccn3)cnn12. The van der Waals surface area contributed by atoms with Gasteiger partial charge in [0.05, 0.1) is 67.6 Å². The first-order chi connectivity index (χ1) is 25.5. The van der Waals surface area contributed by atoms with Crippen molar-refractivity contribution in [2.75, 3.05) is 37.6 Å². The number of fused-ring (bicyclic) bond motifs is 2. The van der Waals surface area contributed by atoms with E-state index in [2.05, 4.69) is 67.3 Å². The minimum absolute atomic E-state index is 0.0255. The molecule has 18 heteroatoms. The Kier molecular flexibility index (Phi) is 10.5. The van der Waals surface area contributed by atoms with E-state index in [1.165, 1.54) is 0 Å². The van der Waals surface area contributed by atoms with Gasteiger partial charge in [0.2, 0.25) is 0 Å². The number of amides is 1. The van der Waals surface area contributed by atoms with Crippen molar-refractivity contribution in [1.82, 2.24) is 59.3 Å². The van der Waals surface area contributed by atoms with Crippen molar-refractivity contribution in [2.24, 2.45) is 0 Å². The summed E-state index contributed by atoms with van der Waals surface area (Å²) in [4.78, 5) is 41.0. The first-order valence-corrected chi connectivity index (χ1v) is 19.0. The van der Waals surface area contributed by atoms with Crippen LogP contribution >= 0.6 is 31.9 Å². The quantitative estimate of drug-likeness (QED) is 0.197. The monoisotopic (exact) mass is 846 g/mol. The summed E-state index contributed by atoms with van der Waals surface area (Å²) in [6.07, 6.45) is 17.0. The average molecular weight is 849 g/mol. The van der Waals surface area contributed by atoms with Crippen LogP contribution in [0.3, 0.4) is 0 Å². The number of hydrogen-bond donors (Lipinski definition) is 3. The number of rotatable bonds is 4. The Balaban J connectivity index is 0.000000170. The van der Waals surface area contributed by atoms with Crippen LogP contribution in [0.25, 0.3) is 33.8 Å². The van der Waals surface area contributed by atoms with E-state index < -0.39 is 5.60 Å². The Bertz CT molecular complexity index is 2230. The van der Waals surface area contributed by atoms with E-state index in [9.17, 15) is 4.79 Å². The molecular weight excluding hydrogens is 808 g/mol. The lowest BCUT2D eigenvalue weighted by molar-refractivity contribution is 0.0197. The van der Waals surface area contributed by atoms with Crippen molar-refractivity contribution in [3.63, 3.8) is 0 Å². The lowest BCUT2D eigenvalue weighted by Crippen LogP contribution is -2.42. The summed E-state index contributed by atoms with van der Waals surface area (Å²) in [7, 11) is 0. The fourth-order valence-corrected chi connectivity index (χ4v) is 7.74. The van der Waals surface area contributed by atoms with Crippen LogP contribution in [-0.2, 0) is 4.74 Å². The molecule has 1 amide bonds. The number of hydrogen-bond acceptors (Lipinski definition) is 13. The van der Waals surface area contributed by atoms with Crippen molar-refractivity contribution in [3.05, 3.63) is 69.9 Å². The zero-order valence-electron chi connectivity index (χ0n) is 29.6. The Morgan fingerprint density at radius 1 is 0.811 bits per heavy atom. The molecule has 6 aromatic heterocycles. The number of ether oxygens (including phenoxy) is 1. The van der Waals surface area contributed by atoms with Gasteiger partial charge < -0.3 is 26.4 Å². The summed E-state index contributed by atoms with van der Waals surface area (Å²) >= 11 is 7.20. The van der Waals surface area contributed by atoms with Crippen LogP contribution in [0, 0.1) is 0 Å². The largest absolute Gasteiger partial charge is 0.444 e. The van der Waals surface area contributed by atoms with Gasteiger partial charge in [0.15, 0.2) is 11.3 Å². The second kappa shape index (κ2) is 15.3. The number of piperidine rings is 2. The molecule has 2 fully saturated rings. The van der Waals surface area contributed by atoms with Gasteiger partial charge in [0.25, 0.3) is 0 Å². The van der Waals surface area contributed by atoms with E-state index in [1.807, 2.05) is 20.8 Å². The van der Waals surface area contributed by atoms with Gasteiger partial charge in [-0.1, -0.05) is 0 Å². The minimum atomic E-state index is -0.532. The average Bonchev–Trinajstić information content (AvgIpc) is 3.80.